The summed E-state index contributed by atoms with van der Waals surface area (Å²) in [7, 11) is 0. The fourth-order valence-electron chi connectivity index (χ4n) is 1.36. The fourth-order valence-corrected chi connectivity index (χ4v) is 1.36. The molecule has 0 aliphatic rings. The van der Waals surface area contributed by atoms with Crippen LogP contribution in [0.4, 0.5) is 0 Å². The summed E-state index contributed by atoms with van der Waals surface area (Å²) in [5.74, 6) is 0. The van der Waals surface area contributed by atoms with Gasteiger partial charge in [-0.3, -0.25) is 9.97 Å². The van der Waals surface area contributed by atoms with Gasteiger partial charge in [0, 0.05) is 0 Å². The number of hydrogen-bond donors (Lipinski definition) is 1. The number of hydrogen-bond acceptors (Lipinski definition) is 3. The molecule has 0 saturated heterocycles. The van der Waals surface area contributed by atoms with Crippen molar-refractivity contribution < 1.29 is 5.11 Å². The molecule has 0 amide bonds. The van der Waals surface area contributed by atoms with Crippen LogP contribution in [0.15, 0.2) is 0 Å². The predicted octanol–water partition coefficient (Wildman–Crippen LogP) is 1.40. The van der Waals surface area contributed by atoms with Gasteiger partial charge < -0.3 is 5.11 Å². The minimum atomic E-state index is -0.0180. The van der Waals surface area contributed by atoms with Gasteiger partial charge in [0.25, 0.3) is 0 Å². The van der Waals surface area contributed by atoms with E-state index < -0.39 is 0 Å². The molecule has 3 nitrogen and oxygen atoms in total. The van der Waals surface area contributed by atoms with Gasteiger partial charge in [0.15, 0.2) is 0 Å². The molecule has 0 bridgehead atoms. The molecule has 1 N–H and O–H groups in total. The molecule has 0 atom stereocenters. The molecule has 0 fully saturated rings. The van der Waals surface area contributed by atoms with Gasteiger partial charge in [-0.15, -0.1) is 0 Å². The molecule has 13 heavy (non-hydrogen) atoms. The van der Waals surface area contributed by atoms with Crippen LogP contribution in [0, 0.1) is 6.92 Å². The van der Waals surface area contributed by atoms with Crippen molar-refractivity contribution in [1.29, 1.82) is 0 Å². The Morgan fingerprint density at radius 3 is 2.00 bits per heavy atom. The summed E-state index contributed by atoms with van der Waals surface area (Å²) in [6.07, 6.45) is 1.78. The van der Waals surface area contributed by atoms with Crippen LogP contribution in [-0.4, -0.2) is 15.1 Å². The SMILES string of the molecule is CCc1nc(C)c(CO)nc1CC. The summed E-state index contributed by atoms with van der Waals surface area (Å²) in [4.78, 5) is 8.78. The molecule has 0 aliphatic carbocycles. The van der Waals surface area contributed by atoms with Crippen molar-refractivity contribution >= 4 is 0 Å². The number of rotatable bonds is 3. The first kappa shape index (κ1) is 10.1. The Morgan fingerprint density at radius 2 is 1.54 bits per heavy atom. The Kier molecular flexibility index (Phi) is 3.37. The quantitative estimate of drug-likeness (QED) is 0.764. The van der Waals surface area contributed by atoms with E-state index in [1.165, 1.54) is 0 Å². The zero-order valence-electron chi connectivity index (χ0n) is 8.46. The highest BCUT2D eigenvalue weighted by atomic mass is 16.3. The number of aliphatic hydroxyl groups excluding tert-OH is 1. The molecule has 0 radical (unpaired) electrons. The fraction of sp³-hybridized carbons (Fsp3) is 0.600. The second-order valence-electron chi connectivity index (χ2n) is 3.01. The van der Waals surface area contributed by atoms with E-state index in [-0.39, 0.29) is 6.61 Å². The first-order valence-corrected chi connectivity index (χ1v) is 4.69. The third-order valence-electron chi connectivity index (χ3n) is 2.14. The summed E-state index contributed by atoms with van der Waals surface area (Å²) in [6, 6.07) is 0. The van der Waals surface area contributed by atoms with Crippen molar-refractivity contribution in [3.8, 4) is 0 Å². The molecule has 1 aromatic rings. The van der Waals surface area contributed by atoms with E-state index in [1.807, 2.05) is 6.92 Å². The van der Waals surface area contributed by atoms with Gasteiger partial charge in [-0.2, -0.15) is 0 Å². The van der Waals surface area contributed by atoms with Gasteiger partial charge in [-0.25, -0.2) is 0 Å². The van der Waals surface area contributed by atoms with Gasteiger partial charge in [-0.05, 0) is 19.8 Å². The van der Waals surface area contributed by atoms with Gasteiger partial charge in [0.05, 0.1) is 29.4 Å². The molecule has 0 aromatic carbocycles. The van der Waals surface area contributed by atoms with Crippen LogP contribution >= 0.6 is 0 Å². The van der Waals surface area contributed by atoms with Crippen molar-refractivity contribution in [2.45, 2.75) is 40.2 Å². The van der Waals surface area contributed by atoms with Crippen molar-refractivity contribution in [3.63, 3.8) is 0 Å². The third-order valence-corrected chi connectivity index (χ3v) is 2.14. The minimum absolute atomic E-state index is 0.0180. The van der Waals surface area contributed by atoms with Crippen LogP contribution in [0.1, 0.15) is 36.6 Å². The van der Waals surface area contributed by atoms with Crippen molar-refractivity contribution in [1.82, 2.24) is 9.97 Å². The molecular formula is C10H16N2O. The lowest BCUT2D eigenvalue weighted by Gasteiger charge is -2.08. The van der Waals surface area contributed by atoms with Crippen LogP contribution in [0.3, 0.4) is 0 Å². The molecule has 1 heterocycles. The van der Waals surface area contributed by atoms with Gasteiger partial charge in [-0.1, -0.05) is 13.8 Å². The second-order valence-corrected chi connectivity index (χ2v) is 3.01. The maximum absolute atomic E-state index is 9.00. The van der Waals surface area contributed by atoms with Crippen molar-refractivity contribution in [2.24, 2.45) is 0 Å². The summed E-state index contributed by atoms with van der Waals surface area (Å²) in [6.45, 7) is 5.99. The van der Waals surface area contributed by atoms with Gasteiger partial charge in [0.2, 0.25) is 0 Å². The molecule has 1 aromatic heterocycles. The monoisotopic (exact) mass is 180 g/mol. The Balaban J connectivity index is 3.18. The Hall–Kier alpha value is -0.960. The number of aliphatic hydroxyl groups is 1. The van der Waals surface area contributed by atoms with Crippen LogP contribution in [0.2, 0.25) is 0 Å². The summed E-state index contributed by atoms with van der Waals surface area (Å²) < 4.78 is 0. The molecule has 0 unspecified atom stereocenters. The average molecular weight is 180 g/mol. The van der Waals surface area contributed by atoms with E-state index in [9.17, 15) is 0 Å². The number of nitrogens with zero attached hydrogens (tertiary/aromatic N) is 2. The topological polar surface area (TPSA) is 46.0 Å². The highest BCUT2D eigenvalue weighted by Crippen LogP contribution is 2.09. The smallest absolute Gasteiger partial charge is 0.0873 e. The number of aromatic nitrogens is 2. The first-order valence-electron chi connectivity index (χ1n) is 4.69. The Labute approximate surface area is 78.9 Å². The Bertz CT molecular complexity index is 297. The molecule has 0 spiro atoms. The highest BCUT2D eigenvalue weighted by molar-refractivity contribution is 5.19. The van der Waals surface area contributed by atoms with E-state index in [0.717, 1.165) is 29.9 Å². The van der Waals surface area contributed by atoms with Crippen LogP contribution in [0.25, 0.3) is 0 Å². The highest BCUT2D eigenvalue weighted by Gasteiger charge is 2.07. The van der Waals surface area contributed by atoms with E-state index >= 15 is 0 Å². The van der Waals surface area contributed by atoms with Crippen LogP contribution < -0.4 is 0 Å². The van der Waals surface area contributed by atoms with Crippen molar-refractivity contribution in [2.75, 3.05) is 0 Å². The summed E-state index contributed by atoms with van der Waals surface area (Å²) in [5.41, 5.74) is 3.61. The molecule has 72 valence electrons. The lowest BCUT2D eigenvalue weighted by atomic mass is 10.2. The van der Waals surface area contributed by atoms with Crippen LogP contribution in [0.5, 0.6) is 0 Å². The molecule has 3 heteroatoms. The predicted molar refractivity (Wildman–Crippen MR) is 51.4 cm³/mol. The summed E-state index contributed by atoms with van der Waals surface area (Å²) in [5, 5.41) is 9.00. The van der Waals surface area contributed by atoms with Gasteiger partial charge >= 0.3 is 0 Å². The van der Waals surface area contributed by atoms with Crippen LogP contribution in [-0.2, 0) is 19.4 Å². The molecule has 1 rings (SSSR count). The zero-order valence-corrected chi connectivity index (χ0v) is 8.46. The number of aryl methyl sites for hydroxylation is 3. The van der Waals surface area contributed by atoms with Crippen molar-refractivity contribution in [3.05, 3.63) is 22.8 Å². The zero-order chi connectivity index (χ0) is 9.84. The van der Waals surface area contributed by atoms with E-state index in [2.05, 4.69) is 23.8 Å². The van der Waals surface area contributed by atoms with E-state index in [1.54, 1.807) is 0 Å². The standard InChI is InChI=1S/C10H16N2O/c1-4-8-9(5-2)12-10(6-13)7(3)11-8/h13H,4-6H2,1-3H3. The normalized spacial score (nSPS) is 10.5. The lowest BCUT2D eigenvalue weighted by molar-refractivity contribution is 0.274. The maximum atomic E-state index is 9.00. The first-order chi connectivity index (χ1) is 6.22. The van der Waals surface area contributed by atoms with Gasteiger partial charge in [0.1, 0.15) is 0 Å². The second kappa shape index (κ2) is 4.33. The Morgan fingerprint density at radius 1 is 1.00 bits per heavy atom. The lowest BCUT2D eigenvalue weighted by Crippen LogP contribution is -2.06. The average Bonchev–Trinajstić information content (AvgIpc) is 2.17. The summed E-state index contributed by atoms with van der Waals surface area (Å²) >= 11 is 0. The minimum Gasteiger partial charge on any atom is -0.390 e. The molecular weight excluding hydrogens is 164 g/mol. The molecule has 0 aliphatic heterocycles. The van der Waals surface area contributed by atoms with E-state index in [0.29, 0.717) is 5.69 Å². The molecule has 0 saturated carbocycles. The maximum Gasteiger partial charge on any atom is 0.0873 e. The van der Waals surface area contributed by atoms with E-state index in [4.69, 9.17) is 5.11 Å². The largest absolute Gasteiger partial charge is 0.390 e. The third kappa shape index (κ3) is 2.04.